The minimum atomic E-state index is -0.542. The first-order valence-electron chi connectivity index (χ1n) is 11.2. The average molecular weight is 475 g/mol. The summed E-state index contributed by atoms with van der Waals surface area (Å²) in [6.45, 7) is 4.18. The van der Waals surface area contributed by atoms with Gasteiger partial charge in [-0.05, 0) is 29.5 Å². The number of para-hydroxylation sites is 1. The van der Waals surface area contributed by atoms with Crippen molar-refractivity contribution in [2.45, 2.75) is 43.5 Å². The van der Waals surface area contributed by atoms with E-state index < -0.39 is 5.92 Å². The maximum absolute atomic E-state index is 13.5. The third kappa shape index (κ3) is 4.14. The number of fused-ring (bicyclic) bond motifs is 1. The standard InChI is InChI=1S/C26H26N4O3S/c1-26(2)11-17-21(18(31)12-26)20(16-8-4-5-9-19(16)33-3)22-23(28-17)29-25(30-24(22)32)34-14-15-7-6-10-27-13-15/h4-10,13,20H,11-12,14H2,1-3H3,(H2,28,29,30,32). The number of carbonyl (C=O) groups is 1. The monoisotopic (exact) mass is 474 g/mol. The maximum atomic E-state index is 13.5. The first-order valence-corrected chi connectivity index (χ1v) is 12.2. The van der Waals surface area contributed by atoms with Crippen LogP contribution in [0, 0.1) is 5.41 Å². The lowest BCUT2D eigenvalue weighted by atomic mass is 9.69. The number of ketones is 1. The Morgan fingerprint density at radius 3 is 2.74 bits per heavy atom. The van der Waals surface area contributed by atoms with E-state index in [1.54, 1.807) is 19.5 Å². The maximum Gasteiger partial charge on any atom is 0.257 e. The molecule has 174 valence electrons. The summed E-state index contributed by atoms with van der Waals surface area (Å²) in [7, 11) is 1.60. The number of allylic oxidation sites excluding steroid dienone is 2. The van der Waals surface area contributed by atoms with Crippen LogP contribution in [-0.2, 0) is 10.5 Å². The van der Waals surface area contributed by atoms with Crippen LogP contribution in [0.4, 0.5) is 5.82 Å². The Kier molecular flexibility index (Phi) is 5.77. The second kappa shape index (κ2) is 8.76. The largest absolute Gasteiger partial charge is 0.496 e. The molecule has 0 saturated carbocycles. The number of nitrogens with zero attached hydrogens (tertiary/aromatic N) is 2. The van der Waals surface area contributed by atoms with Crippen molar-refractivity contribution in [3.63, 3.8) is 0 Å². The molecular formula is C26H26N4O3S. The molecule has 2 aromatic heterocycles. The van der Waals surface area contributed by atoms with E-state index in [4.69, 9.17) is 9.72 Å². The number of thioether (sulfide) groups is 1. The molecule has 1 aromatic carbocycles. The number of aromatic amines is 1. The third-order valence-corrected chi connectivity index (χ3v) is 7.19. The van der Waals surface area contributed by atoms with Gasteiger partial charge in [0.1, 0.15) is 11.6 Å². The van der Waals surface area contributed by atoms with Gasteiger partial charge in [0.2, 0.25) is 0 Å². The summed E-state index contributed by atoms with van der Waals surface area (Å²) in [5.74, 6) is 1.27. The molecule has 0 fully saturated rings. The zero-order chi connectivity index (χ0) is 23.9. The van der Waals surface area contributed by atoms with E-state index >= 15 is 0 Å². The molecule has 3 heterocycles. The zero-order valence-electron chi connectivity index (χ0n) is 19.3. The summed E-state index contributed by atoms with van der Waals surface area (Å²) in [4.78, 5) is 38.7. The molecule has 0 saturated heterocycles. The van der Waals surface area contributed by atoms with Crippen LogP contribution in [0.15, 0.2) is 70.0 Å². The number of Topliss-reactive ketones (excluding diaryl/α,β-unsaturated/α-hetero) is 1. The number of hydrogen-bond acceptors (Lipinski definition) is 7. The molecule has 0 bridgehead atoms. The number of benzene rings is 1. The van der Waals surface area contributed by atoms with Crippen LogP contribution in [0.1, 0.15) is 49.3 Å². The van der Waals surface area contributed by atoms with E-state index in [0.717, 1.165) is 16.8 Å². The third-order valence-electron chi connectivity index (χ3n) is 6.25. The van der Waals surface area contributed by atoms with Crippen molar-refractivity contribution in [1.82, 2.24) is 15.0 Å². The van der Waals surface area contributed by atoms with Crippen molar-refractivity contribution in [3.05, 3.63) is 87.1 Å². The second-order valence-electron chi connectivity index (χ2n) is 9.42. The molecule has 34 heavy (non-hydrogen) atoms. The molecule has 1 atom stereocenters. The minimum Gasteiger partial charge on any atom is -0.496 e. The van der Waals surface area contributed by atoms with Crippen LogP contribution in [0.25, 0.3) is 0 Å². The number of anilines is 1. The van der Waals surface area contributed by atoms with Crippen LogP contribution < -0.4 is 15.6 Å². The summed E-state index contributed by atoms with van der Waals surface area (Å²) in [5, 5.41) is 3.88. The lowest BCUT2D eigenvalue weighted by molar-refractivity contribution is -0.118. The van der Waals surface area contributed by atoms with E-state index in [0.29, 0.717) is 46.5 Å². The molecule has 1 unspecified atom stereocenters. The first kappa shape index (κ1) is 22.4. The lowest BCUT2D eigenvalue weighted by Crippen LogP contribution is -2.37. The number of aromatic nitrogens is 3. The summed E-state index contributed by atoms with van der Waals surface area (Å²) >= 11 is 1.44. The summed E-state index contributed by atoms with van der Waals surface area (Å²) < 4.78 is 5.62. The van der Waals surface area contributed by atoms with E-state index in [9.17, 15) is 9.59 Å². The Labute approximate surface area is 202 Å². The quantitative estimate of drug-likeness (QED) is 0.410. The fraction of sp³-hybridized carbons (Fsp3) is 0.308. The molecule has 2 N–H and O–H groups in total. The van der Waals surface area contributed by atoms with Crippen molar-refractivity contribution in [2.24, 2.45) is 5.41 Å². The van der Waals surface area contributed by atoms with E-state index in [1.807, 2.05) is 36.4 Å². The molecule has 0 spiro atoms. The number of pyridine rings is 1. The van der Waals surface area contributed by atoms with Crippen LogP contribution in [0.3, 0.4) is 0 Å². The predicted octanol–water partition coefficient (Wildman–Crippen LogP) is 4.67. The predicted molar refractivity (Wildman–Crippen MR) is 132 cm³/mol. The Morgan fingerprint density at radius 2 is 1.97 bits per heavy atom. The molecule has 2 aliphatic rings. The molecular weight excluding hydrogens is 448 g/mol. The topological polar surface area (TPSA) is 97.0 Å². The number of carbonyl (C=O) groups excluding carboxylic acids is 1. The number of methoxy groups -OCH3 is 1. The van der Waals surface area contributed by atoms with Gasteiger partial charge < -0.3 is 15.0 Å². The smallest absolute Gasteiger partial charge is 0.257 e. The molecule has 3 aromatic rings. The Balaban J connectivity index is 1.62. The number of nitrogens with one attached hydrogen (secondary N) is 2. The highest BCUT2D eigenvalue weighted by Crippen LogP contribution is 2.49. The molecule has 7 nitrogen and oxygen atoms in total. The zero-order valence-corrected chi connectivity index (χ0v) is 20.2. The average Bonchev–Trinajstić information content (AvgIpc) is 2.81. The molecule has 0 amide bonds. The summed E-state index contributed by atoms with van der Waals surface area (Å²) in [6, 6.07) is 11.4. The highest BCUT2D eigenvalue weighted by atomic mass is 32.2. The van der Waals surface area contributed by atoms with Crippen LogP contribution >= 0.6 is 11.8 Å². The normalized spacial score (nSPS) is 18.7. The van der Waals surface area contributed by atoms with Crippen LogP contribution in [0.2, 0.25) is 0 Å². The molecule has 8 heteroatoms. The second-order valence-corrected chi connectivity index (χ2v) is 10.4. The molecule has 1 aliphatic carbocycles. The minimum absolute atomic E-state index is 0.0507. The van der Waals surface area contributed by atoms with E-state index in [-0.39, 0.29) is 16.8 Å². The van der Waals surface area contributed by atoms with Gasteiger partial charge in [-0.25, -0.2) is 4.98 Å². The van der Waals surface area contributed by atoms with Crippen LogP contribution in [-0.4, -0.2) is 27.8 Å². The summed E-state index contributed by atoms with van der Waals surface area (Å²) in [5.41, 5.74) is 3.32. The van der Waals surface area contributed by atoms with Gasteiger partial charge in [0.25, 0.3) is 5.56 Å². The fourth-order valence-electron chi connectivity index (χ4n) is 4.81. The molecule has 5 rings (SSSR count). The number of hydrogen-bond donors (Lipinski definition) is 2. The van der Waals surface area contributed by atoms with Gasteiger partial charge in [0.05, 0.1) is 18.6 Å². The van der Waals surface area contributed by atoms with Crippen molar-refractivity contribution < 1.29 is 9.53 Å². The Hall–Kier alpha value is -3.39. The van der Waals surface area contributed by atoms with Gasteiger partial charge >= 0.3 is 0 Å². The van der Waals surface area contributed by atoms with Crippen LogP contribution in [0.5, 0.6) is 5.75 Å². The van der Waals surface area contributed by atoms with Gasteiger partial charge in [0.15, 0.2) is 10.9 Å². The summed E-state index contributed by atoms with van der Waals surface area (Å²) in [6.07, 6.45) is 4.66. The Bertz CT molecular complexity index is 1350. The number of ether oxygens (including phenoxy) is 1. The van der Waals surface area contributed by atoms with E-state index in [2.05, 4.69) is 29.1 Å². The molecule has 1 aliphatic heterocycles. The lowest BCUT2D eigenvalue weighted by Gasteiger charge is -2.38. The highest BCUT2D eigenvalue weighted by molar-refractivity contribution is 7.98. The van der Waals surface area contributed by atoms with Crippen molar-refractivity contribution >= 4 is 23.4 Å². The van der Waals surface area contributed by atoms with Gasteiger partial charge in [-0.3, -0.25) is 14.6 Å². The van der Waals surface area contributed by atoms with Gasteiger partial charge in [-0.15, -0.1) is 0 Å². The number of rotatable bonds is 5. The van der Waals surface area contributed by atoms with Gasteiger partial charge in [-0.1, -0.05) is 49.9 Å². The van der Waals surface area contributed by atoms with Crippen molar-refractivity contribution in [1.29, 1.82) is 0 Å². The first-order chi connectivity index (χ1) is 16.4. The molecule has 0 radical (unpaired) electrons. The van der Waals surface area contributed by atoms with E-state index in [1.165, 1.54) is 11.8 Å². The Morgan fingerprint density at radius 1 is 1.15 bits per heavy atom. The fourth-order valence-corrected chi connectivity index (χ4v) is 5.61. The highest BCUT2D eigenvalue weighted by Gasteiger charge is 2.43. The van der Waals surface area contributed by atoms with Crippen molar-refractivity contribution in [3.8, 4) is 5.75 Å². The van der Waals surface area contributed by atoms with Gasteiger partial charge in [0, 0.05) is 41.4 Å². The van der Waals surface area contributed by atoms with Crippen molar-refractivity contribution in [2.75, 3.05) is 12.4 Å². The SMILES string of the molecule is COc1ccccc1C1C2=C(CC(C)(C)CC2=O)Nc2nc(SCc3cccnc3)[nH]c(=O)c21. The van der Waals surface area contributed by atoms with Gasteiger partial charge in [-0.2, -0.15) is 0 Å². The number of H-pyrrole nitrogens is 1.